The average molecular weight is 455 g/mol. The number of hydrogen-bond acceptors (Lipinski definition) is 6. The molecule has 2 aromatic heterocycles. The molecule has 4 rings (SSSR count). The number of nitrogens with one attached hydrogen (secondary N) is 1. The van der Waals surface area contributed by atoms with E-state index in [9.17, 15) is 8.78 Å². The molecular formula is C25H28F2N4O2. The van der Waals surface area contributed by atoms with Gasteiger partial charge in [-0.15, -0.1) is 0 Å². The molecule has 3 heterocycles. The highest BCUT2D eigenvalue weighted by Crippen LogP contribution is 2.23. The van der Waals surface area contributed by atoms with E-state index in [1.807, 2.05) is 12.1 Å². The third-order valence-electron chi connectivity index (χ3n) is 5.88. The van der Waals surface area contributed by atoms with Crippen LogP contribution in [0.1, 0.15) is 24.0 Å². The number of methoxy groups -OCH3 is 1. The molecule has 0 aliphatic carbocycles. The van der Waals surface area contributed by atoms with Crippen molar-refractivity contribution in [3.63, 3.8) is 0 Å². The molecule has 1 fully saturated rings. The first-order valence-electron chi connectivity index (χ1n) is 11.0. The number of benzene rings is 1. The molecule has 1 aliphatic rings. The van der Waals surface area contributed by atoms with Crippen molar-refractivity contribution in [3.8, 4) is 5.88 Å². The Morgan fingerprint density at radius 3 is 2.91 bits per heavy atom. The minimum absolute atomic E-state index is 0.0474. The summed E-state index contributed by atoms with van der Waals surface area (Å²) in [6, 6.07) is 9.05. The fraction of sp³-hybridized carbons (Fsp3) is 0.360. The molecular weight excluding hydrogens is 426 g/mol. The van der Waals surface area contributed by atoms with Gasteiger partial charge in [0.1, 0.15) is 11.6 Å². The smallest absolute Gasteiger partial charge is 0.213 e. The second-order valence-corrected chi connectivity index (χ2v) is 8.18. The second kappa shape index (κ2) is 10.8. The van der Waals surface area contributed by atoms with E-state index < -0.39 is 11.6 Å². The van der Waals surface area contributed by atoms with Gasteiger partial charge in [-0.3, -0.25) is 4.98 Å². The first kappa shape index (κ1) is 23.2. The van der Waals surface area contributed by atoms with Crippen molar-refractivity contribution in [1.29, 1.82) is 0 Å². The fourth-order valence-corrected chi connectivity index (χ4v) is 4.06. The van der Waals surface area contributed by atoms with Crippen LogP contribution in [-0.2, 0) is 11.2 Å². The summed E-state index contributed by atoms with van der Waals surface area (Å²) >= 11 is 0. The zero-order chi connectivity index (χ0) is 23.2. The lowest BCUT2D eigenvalue weighted by Gasteiger charge is -2.33. The van der Waals surface area contributed by atoms with Gasteiger partial charge in [-0.1, -0.05) is 12.2 Å². The van der Waals surface area contributed by atoms with Gasteiger partial charge in [0.15, 0.2) is 0 Å². The number of aromatic nitrogens is 2. The largest absolute Gasteiger partial charge is 0.481 e. The SMILES string of the molecule is COc1ccc2nccc(CC(N)[C@@H]3CC[C@@H](NCC=Cc4cc(F)ccc4F)CO3)c2n1. The van der Waals surface area contributed by atoms with E-state index >= 15 is 0 Å². The Morgan fingerprint density at radius 2 is 2.12 bits per heavy atom. The fourth-order valence-electron chi connectivity index (χ4n) is 4.06. The van der Waals surface area contributed by atoms with Crippen molar-refractivity contribution in [2.24, 2.45) is 5.73 Å². The van der Waals surface area contributed by atoms with Gasteiger partial charge in [-0.25, -0.2) is 13.8 Å². The zero-order valence-electron chi connectivity index (χ0n) is 18.5. The average Bonchev–Trinajstić information content (AvgIpc) is 2.84. The summed E-state index contributed by atoms with van der Waals surface area (Å²) in [5, 5.41) is 3.37. The summed E-state index contributed by atoms with van der Waals surface area (Å²) in [6.45, 7) is 1.08. The second-order valence-electron chi connectivity index (χ2n) is 8.18. The van der Waals surface area contributed by atoms with Crippen LogP contribution in [-0.4, -0.2) is 48.4 Å². The van der Waals surface area contributed by atoms with Crippen LogP contribution in [0.5, 0.6) is 5.88 Å². The van der Waals surface area contributed by atoms with Crippen LogP contribution in [0.2, 0.25) is 0 Å². The number of rotatable bonds is 8. The van der Waals surface area contributed by atoms with E-state index in [0.29, 0.717) is 25.5 Å². The molecule has 8 heteroatoms. The number of pyridine rings is 2. The summed E-state index contributed by atoms with van der Waals surface area (Å²) in [4.78, 5) is 8.90. The lowest BCUT2D eigenvalue weighted by atomic mass is 9.95. The molecule has 0 amide bonds. The quantitative estimate of drug-likeness (QED) is 0.541. The number of halogens is 2. The van der Waals surface area contributed by atoms with Crippen LogP contribution in [0.25, 0.3) is 17.1 Å². The van der Waals surface area contributed by atoms with Gasteiger partial charge in [0.05, 0.1) is 30.9 Å². The van der Waals surface area contributed by atoms with E-state index in [0.717, 1.165) is 41.6 Å². The van der Waals surface area contributed by atoms with Gasteiger partial charge in [0, 0.05) is 36.5 Å². The minimum Gasteiger partial charge on any atom is -0.481 e. The monoisotopic (exact) mass is 454 g/mol. The van der Waals surface area contributed by atoms with E-state index in [4.69, 9.17) is 15.2 Å². The van der Waals surface area contributed by atoms with Crippen molar-refractivity contribution < 1.29 is 18.3 Å². The van der Waals surface area contributed by atoms with Gasteiger partial charge < -0.3 is 20.5 Å². The molecule has 0 saturated carbocycles. The number of nitrogens with zero attached hydrogens (tertiary/aromatic N) is 2. The summed E-state index contributed by atoms with van der Waals surface area (Å²) in [7, 11) is 1.59. The maximum absolute atomic E-state index is 13.7. The van der Waals surface area contributed by atoms with Crippen molar-refractivity contribution in [3.05, 3.63) is 71.4 Å². The van der Waals surface area contributed by atoms with Crippen LogP contribution >= 0.6 is 0 Å². The molecule has 0 radical (unpaired) electrons. The Balaban J connectivity index is 1.27. The summed E-state index contributed by atoms with van der Waals surface area (Å²) in [5.74, 6) is -0.356. The Kier molecular flexibility index (Phi) is 7.59. The van der Waals surface area contributed by atoms with Crippen molar-refractivity contribution >= 4 is 17.1 Å². The Bertz CT molecular complexity index is 1120. The predicted molar refractivity (Wildman–Crippen MR) is 124 cm³/mol. The van der Waals surface area contributed by atoms with E-state index in [2.05, 4.69) is 15.3 Å². The van der Waals surface area contributed by atoms with Crippen molar-refractivity contribution in [2.45, 2.75) is 37.5 Å². The molecule has 3 atom stereocenters. The molecule has 33 heavy (non-hydrogen) atoms. The molecule has 1 saturated heterocycles. The van der Waals surface area contributed by atoms with E-state index in [1.54, 1.807) is 31.5 Å². The summed E-state index contributed by atoms with van der Waals surface area (Å²) in [6.07, 6.45) is 7.47. The molecule has 1 unspecified atom stereocenters. The van der Waals surface area contributed by atoms with Crippen LogP contribution in [0.15, 0.2) is 48.7 Å². The highest BCUT2D eigenvalue weighted by Gasteiger charge is 2.26. The number of nitrogens with two attached hydrogens (primary N) is 1. The molecule has 3 N–H and O–H groups in total. The van der Waals surface area contributed by atoms with Gasteiger partial charge >= 0.3 is 0 Å². The molecule has 1 aromatic carbocycles. The maximum atomic E-state index is 13.7. The predicted octanol–water partition coefficient (Wildman–Crippen LogP) is 3.64. The lowest BCUT2D eigenvalue weighted by molar-refractivity contribution is -0.0156. The molecule has 0 bridgehead atoms. The van der Waals surface area contributed by atoms with Gasteiger partial charge in [0.25, 0.3) is 0 Å². The first-order chi connectivity index (χ1) is 16.0. The van der Waals surface area contributed by atoms with Gasteiger partial charge in [-0.2, -0.15) is 0 Å². The highest BCUT2D eigenvalue weighted by molar-refractivity contribution is 5.78. The normalized spacial score (nSPS) is 19.8. The van der Waals surface area contributed by atoms with Crippen LogP contribution in [0.4, 0.5) is 8.78 Å². The molecule has 1 aliphatic heterocycles. The topological polar surface area (TPSA) is 82.3 Å². The Hall–Kier alpha value is -2.94. The summed E-state index contributed by atoms with van der Waals surface area (Å²) < 4.78 is 38.2. The van der Waals surface area contributed by atoms with Crippen LogP contribution in [0, 0.1) is 11.6 Å². The van der Waals surface area contributed by atoms with Crippen molar-refractivity contribution in [1.82, 2.24) is 15.3 Å². The Morgan fingerprint density at radius 1 is 1.24 bits per heavy atom. The Labute approximate surface area is 191 Å². The molecule has 3 aromatic rings. The molecule has 174 valence electrons. The molecule has 6 nitrogen and oxygen atoms in total. The van der Waals surface area contributed by atoms with E-state index in [1.165, 1.54) is 6.07 Å². The highest BCUT2D eigenvalue weighted by atomic mass is 19.1. The standard InChI is InChI=1S/C25H28F2N4O2/c1-32-24-9-7-22-25(31-24)17(10-12-30-22)14-21(28)23-8-5-19(15-33-23)29-11-2-3-16-13-18(26)4-6-20(16)27/h2-4,6-7,9-10,12-13,19,21,23,29H,5,8,11,14-15,28H2,1H3/t19-,21?,23+/m1/s1. The van der Waals surface area contributed by atoms with Crippen LogP contribution < -0.4 is 15.8 Å². The van der Waals surface area contributed by atoms with Gasteiger partial charge in [-0.05, 0) is 55.2 Å². The maximum Gasteiger partial charge on any atom is 0.213 e. The third kappa shape index (κ3) is 5.90. The lowest BCUT2D eigenvalue weighted by Crippen LogP contribution is -2.47. The number of hydrogen-bond donors (Lipinski definition) is 2. The first-order valence-corrected chi connectivity index (χ1v) is 11.0. The minimum atomic E-state index is -0.457. The van der Waals surface area contributed by atoms with Gasteiger partial charge in [0.2, 0.25) is 5.88 Å². The van der Waals surface area contributed by atoms with Crippen LogP contribution in [0.3, 0.4) is 0 Å². The number of ether oxygens (including phenoxy) is 2. The number of fused-ring (bicyclic) bond motifs is 1. The van der Waals surface area contributed by atoms with Crippen molar-refractivity contribution in [2.75, 3.05) is 20.3 Å². The third-order valence-corrected chi connectivity index (χ3v) is 5.88. The molecule has 0 spiro atoms. The van der Waals surface area contributed by atoms with E-state index in [-0.39, 0.29) is 23.8 Å². The summed E-state index contributed by atoms with van der Waals surface area (Å²) in [5.41, 5.74) is 9.35. The zero-order valence-corrected chi connectivity index (χ0v) is 18.5.